The molecular weight excluding hydrogens is 408 g/mol. The van der Waals surface area contributed by atoms with Gasteiger partial charge < -0.3 is 0 Å². The summed E-state index contributed by atoms with van der Waals surface area (Å²) < 4.78 is 0. The van der Waals surface area contributed by atoms with Crippen molar-refractivity contribution in [3.63, 3.8) is 0 Å². The second kappa shape index (κ2) is 8.27. The first kappa shape index (κ1) is 20.3. The largest absolute Gasteiger partial charge is 0.0616 e. The Kier molecular flexibility index (Phi) is 4.93. The lowest BCUT2D eigenvalue weighted by atomic mass is 9.62. The molecule has 3 atom stereocenters. The zero-order valence-electron chi connectivity index (χ0n) is 19.8. The van der Waals surface area contributed by atoms with Gasteiger partial charge in [0.15, 0.2) is 0 Å². The van der Waals surface area contributed by atoms with Crippen LogP contribution in [0.2, 0.25) is 0 Å². The average Bonchev–Trinajstić information content (AvgIpc) is 2.91. The third kappa shape index (κ3) is 3.12. The standard InChI is InChI=1S/C34H32/c1-3-15-25-23(11-1)13-9-21-27(25)33-29-17-5-7-19-31(29)34(32-20-8-6-18-30(32)33)28-22-10-14-24-12-2-4-16-26(24)28/h1,3,5-9,11,13,15,17-21,24,26,28H,2,4,10,12,14,16,22H2. The van der Waals surface area contributed by atoms with Crippen LogP contribution in [-0.4, -0.2) is 0 Å². The van der Waals surface area contributed by atoms with Crippen molar-refractivity contribution in [2.75, 3.05) is 0 Å². The van der Waals surface area contributed by atoms with E-state index in [-0.39, 0.29) is 0 Å². The fraction of sp³-hybridized carbons (Fsp3) is 0.294. The number of fused-ring (bicyclic) bond motifs is 4. The van der Waals surface area contributed by atoms with E-state index in [9.17, 15) is 0 Å². The number of hydrogen-bond acceptors (Lipinski definition) is 0. The Morgan fingerprint density at radius 3 is 1.82 bits per heavy atom. The Bertz CT molecular complexity index is 1440. The third-order valence-electron chi connectivity index (χ3n) is 8.98. The van der Waals surface area contributed by atoms with E-state index in [1.54, 1.807) is 5.56 Å². The summed E-state index contributed by atoms with van der Waals surface area (Å²) in [5.41, 5.74) is 4.41. The molecule has 0 N–H and O–H groups in total. The Labute approximate surface area is 202 Å². The summed E-state index contributed by atoms with van der Waals surface area (Å²) in [5, 5.41) is 8.48. The Hall–Kier alpha value is -3.12. The van der Waals surface area contributed by atoms with Gasteiger partial charge in [-0.2, -0.15) is 0 Å². The first-order valence-corrected chi connectivity index (χ1v) is 13.3. The zero-order chi connectivity index (χ0) is 22.5. The van der Waals surface area contributed by atoms with Crippen LogP contribution in [0.1, 0.15) is 56.4 Å². The Morgan fingerprint density at radius 2 is 1.06 bits per heavy atom. The van der Waals surface area contributed by atoms with E-state index in [1.807, 2.05) is 0 Å². The van der Waals surface area contributed by atoms with Gasteiger partial charge in [-0.15, -0.1) is 0 Å². The molecule has 0 spiro atoms. The number of rotatable bonds is 2. The molecule has 0 heteroatoms. The highest BCUT2D eigenvalue weighted by Crippen LogP contribution is 2.52. The molecule has 0 heterocycles. The zero-order valence-corrected chi connectivity index (χ0v) is 19.8. The van der Waals surface area contributed by atoms with Crippen molar-refractivity contribution >= 4 is 32.3 Å². The summed E-state index contributed by atoms with van der Waals surface area (Å²) in [4.78, 5) is 0. The van der Waals surface area contributed by atoms with Crippen molar-refractivity contribution in [1.82, 2.24) is 0 Å². The molecule has 0 radical (unpaired) electrons. The van der Waals surface area contributed by atoms with Crippen LogP contribution in [0, 0.1) is 11.8 Å². The lowest BCUT2D eigenvalue weighted by molar-refractivity contribution is 0.145. The molecule has 2 aliphatic carbocycles. The molecule has 34 heavy (non-hydrogen) atoms. The van der Waals surface area contributed by atoms with Gasteiger partial charge in [0.25, 0.3) is 0 Å². The minimum absolute atomic E-state index is 0.690. The molecule has 168 valence electrons. The fourth-order valence-electron chi connectivity index (χ4n) is 7.59. The van der Waals surface area contributed by atoms with E-state index in [1.165, 1.54) is 88.4 Å². The minimum atomic E-state index is 0.690. The first-order valence-electron chi connectivity index (χ1n) is 13.3. The van der Waals surface area contributed by atoms with Gasteiger partial charge >= 0.3 is 0 Å². The van der Waals surface area contributed by atoms with E-state index in [4.69, 9.17) is 0 Å². The molecule has 0 amide bonds. The predicted octanol–water partition coefficient (Wildman–Crippen LogP) is 9.89. The molecule has 5 aromatic carbocycles. The molecule has 2 saturated carbocycles. The normalized spacial score (nSPS) is 22.8. The summed E-state index contributed by atoms with van der Waals surface area (Å²) in [7, 11) is 0. The molecule has 0 aliphatic heterocycles. The van der Waals surface area contributed by atoms with Gasteiger partial charge in [0.1, 0.15) is 0 Å². The Balaban J connectivity index is 1.57. The maximum Gasteiger partial charge on any atom is -0.00204 e. The van der Waals surface area contributed by atoms with E-state index in [0.29, 0.717) is 5.92 Å². The molecule has 3 unspecified atom stereocenters. The predicted molar refractivity (Wildman–Crippen MR) is 146 cm³/mol. The van der Waals surface area contributed by atoms with Crippen molar-refractivity contribution in [1.29, 1.82) is 0 Å². The fourth-order valence-corrected chi connectivity index (χ4v) is 7.59. The SMILES string of the molecule is c1ccc2c(-c3c4ccccc4c(C4CCCC5CCCCC54)c4ccccc34)cccc2c1. The second-order valence-corrected chi connectivity index (χ2v) is 10.7. The van der Waals surface area contributed by atoms with Crippen molar-refractivity contribution in [3.05, 3.63) is 96.6 Å². The van der Waals surface area contributed by atoms with E-state index >= 15 is 0 Å². The molecule has 2 fully saturated rings. The summed E-state index contributed by atoms with van der Waals surface area (Å²) in [6.07, 6.45) is 9.92. The molecule has 7 rings (SSSR count). The lowest BCUT2D eigenvalue weighted by Gasteiger charge is -2.42. The van der Waals surface area contributed by atoms with E-state index in [0.717, 1.165) is 11.8 Å². The van der Waals surface area contributed by atoms with Gasteiger partial charge in [0.2, 0.25) is 0 Å². The minimum Gasteiger partial charge on any atom is -0.0616 e. The van der Waals surface area contributed by atoms with Crippen molar-refractivity contribution in [3.8, 4) is 11.1 Å². The lowest BCUT2D eigenvalue weighted by Crippen LogP contribution is -2.30. The number of hydrogen-bond donors (Lipinski definition) is 0. The van der Waals surface area contributed by atoms with Crippen LogP contribution in [0.3, 0.4) is 0 Å². The molecule has 0 saturated heterocycles. The smallest absolute Gasteiger partial charge is 0.00204 e. The number of benzene rings is 5. The van der Waals surface area contributed by atoms with Crippen molar-refractivity contribution in [2.45, 2.75) is 50.9 Å². The Morgan fingerprint density at radius 1 is 0.471 bits per heavy atom. The highest BCUT2D eigenvalue weighted by Gasteiger charge is 2.37. The quantitative estimate of drug-likeness (QED) is 0.240. The summed E-state index contributed by atoms with van der Waals surface area (Å²) in [5.74, 6) is 2.48. The average molecular weight is 441 g/mol. The van der Waals surface area contributed by atoms with Crippen molar-refractivity contribution < 1.29 is 0 Å². The monoisotopic (exact) mass is 440 g/mol. The van der Waals surface area contributed by atoms with Gasteiger partial charge in [0, 0.05) is 0 Å². The first-order chi connectivity index (χ1) is 16.9. The second-order valence-electron chi connectivity index (χ2n) is 10.7. The highest BCUT2D eigenvalue weighted by atomic mass is 14.4. The molecule has 5 aromatic rings. The van der Waals surface area contributed by atoms with Gasteiger partial charge in [-0.25, -0.2) is 0 Å². The summed E-state index contributed by atoms with van der Waals surface area (Å²) >= 11 is 0. The van der Waals surface area contributed by atoms with Crippen molar-refractivity contribution in [2.24, 2.45) is 11.8 Å². The van der Waals surface area contributed by atoms with Crippen LogP contribution in [0.15, 0.2) is 91.0 Å². The molecule has 0 aromatic heterocycles. The molecule has 2 aliphatic rings. The summed E-state index contributed by atoms with van der Waals surface area (Å²) in [6.45, 7) is 0. The van der Waals surface area contributed by atoms with Crippen LogP contribution >= 0.6 is 0 Å². The third-order valence-corrected chi connectivity index (χ3v) is 8.98. The molecule has 0 bridgehead atoms. The topological polar surface area (TPSA) is 0 Å². The van der Waals surface area contributed by atoms with Crippen LogP contribution in [0.25, 0.3) is 43.4 Å². The highest BCUT2D eigenvalue weighted by molar-refractivity contribution is 6.18. The van der Waals surface area contributed by atoms with Crippen LogP contribution < -0.4 is 0 Å². The van der Waals surface area contributed by atoms with Crippen LogP contribution in [-0.2, 0) is 0 Å². The van der Waals surface area contributed by atoms with Gasteiger partial charge in [-0.3, -0.25) is 0 Å². The maximum atomic E-state index is 2.41. The van der Waals surface area contributed by atoms with Crippen LogP contribution in [0.5, 0.6) is 0 Å². The van der Waals surface area contributed by atoms with E-state index < -0.39 is 0 Å². The van der Waals surface area contributed by atoms with Crippen LogP contribution in [0.4, 0.5) is 0 Å². The van der Waals surface area contributed by atoms with Gasteiger partial charge in [-0.1, -0.05) is 123 Å². The summed E-state index contributed by atoms with van der Waals surface area (Å²) in [6, 6.07) is 34.2. The molecule has 0 nitrogen and oxygen atoms in total. The molecular formula is C34H32. The van der Waals surface area contributed by atoms with Gasteiger partial charge in [-0.05, 0) is 79.6 Å². The van der Waals surface area contributed by atoms with Gasteiger partial charge in [0.05, 0.1) is 0 Å². The van der Waals surface area contributed by atoms with E-state index in [2.05, 4.69) is 91.0 Å². The maximum absolute atomic E-state index is 2.41.